The van der Waals surface area contributed by atoms with Crippen molar-refractivity contribution >= 4 is 5.97 Å². The van der Waals surface area contributed by atoms with E-state index < -0.39 is 11.9 Å². The van der Waals surface area contributed by atoms with Crippen molar-refractivity contribution in [2.24, 2.45) is 5.92 Å². The van der Waals surface area contributed by atoms with Gasteiger partial charge in [-0.15, -0.1) is 0 Å². The van der Waals surface area contributed by atoms with Crippen LogP contribution in [0, 0.1) is 5.92 Å². The van der Waals surface area contributed by atoms with Gasteiger partial charge in [-0.05, 0) is 19.9 Å². The van der Waals surface area contributed by atoms with Gasteiger partial charge in [-0.3, -0.25) is 9.69 Å². The van der Waals surface area contributed by atoms with E-state index in [1.54, 1.807) is 6.92 Å². The maximum Gasteiger partial charge on any atom is 0.307 e. The SMILES string of the molecule is CC(CN(C)Cc1noc(C2CC2)n1)C(=O)O. The topological polar surface area (TPSA) is 79.5 Å². The Morgan fingerprint density at radius 1 is 1.65 bits per heavy atom. The molecule has 0 aromatic carbocycles. The first-order valence-corrected chi connectivity index (χ1v) is 5.80. The molecule has 2 rings (SSSR count). The van der Waals surface area contributed by atoms with Crippen LogP contribution in [-0.2, 0) is 11.3 Å². The number of aliphatic carboxylic acids is 1. The predicted molar refractivity (Wildman–Crippen MR) is 59.4 cm³/mol. The summed E-state index contributed by atoms with van der Waals surface area (Å²) in [5.41, 5.74) is 0. The van der Waals surface area contributed by atoms with Crippen LogP contribution in [0.4, 0.5) is 0 Å². The highest BCUT2D eigenvalue weighted by atomic mass is 16.5. The molecular formula is C11H17N3O3. The Kier molecular flexibility index (Phi) is 3.42. The third-order valence-corrected chi connectivity index (χ3v) is 2.83. The minimum atomic E-state index is -0.788. The van der Waals surface area contributed by atoms with Gasteiger partial charge >= 0.3 is 5.97 Å². The molecule has 1 unspecified atom stereocenters. The molecule has 1 aliphatic carbocycles. The van der Waals surface area contributed by atoms with E-state index in [0.29, 0.717) is 24.8 Å². The van der Waals surface area contributed by atoms with Crippen LogP contribution in [0.5, 0.6) is 0 Å². The second-order valence-electron chi connectivity index (χ2n) is 4.76. The summed E-state index contributed by atoms with van der Waals surface area (Å²) in [6, 6.07) is 0. The molecule has 1 aromatic heterocycles. The zero-order valence-electron chi connectivity index (χ0n) is 10.1. The molecule has 1 aromatic rings. The van der Waals surface area contributed by atoms with Gasteiger partial charge in [0, 0.05) is 12.5 Å². The molecule has 1 saturated carbocycles. The molecule has 0 amide bonds. The number of hydrogen-bond acceptors (Lipinski definition) is 5. The first kappa shape index (κ1) is 12.0. The van der Waals surface area contributed by atoms with E-state index in [1.165, 1.54) is 0 Å². The molecule has 0 saturated heterocycles. The van der Waals surface area contributed by atoms with Gasteiger partial charge in [0.05, 0.1) is 12.5 Å². The van der Waals surface area contributed by atoms with E-state index in [0.717, 1.165) is 18.7 Å². The molecule has 0 radical (unpaired) electrons. The number of carboxylic acids is 1. The average Bonchev–Trinajstić information content (AvgIpc) is 3.00. The first-order chi connectivity index (χ1) is 8.06. The van der Waals surface area contributed by atoms with Crippen molar-refractivity contribution in [1.82, 2.24) is 15.0 Å². The Hall–Kier alpha value is -1.43. The van der Waals surface area contributed by atoms with E-state index in [2.05, 4.69) is 10.1 Å². The average molecular weight is 239 g/mol. The van der Waals surface area contributed by atoms with E-state index >= 15 is 0 Å². The van der Waals surface area contributed by atoms with Crippen LogP contribution in [0.2, 0.25) is 0 Å². The number of carbonyl (C=O) groups is 1. The summed E-state index contributed by atoms with van der Waals surface area (Å²) in [5.74, 6) is 0.629. The Morgan fingerprint density at radius 2 is 2.35 bits per heavy atom. The van der Waals surface area contributed by atoms with Gasteiger partial charge in [0.2, 0.25) is 5.89 Å². The highest BCUT2D eigenvalue weighted by molar-refractivity contribution is 5.69. The predicted octanol–water partition coefficient (Wildman–Crippen LogP) is 1.10. The van der Waals surface area contributed by atoms with Gasteiger partial charge in [-0.25, -0.2) is 0 Å². The van der Waals surface area contributed by atoms with Crippen molar-refractivity contribution in [3.63, 3.8) is 0 Å². The molecule has 1 aliphatic rings. The largest absolute Gasteiger partial charge is 0.481 e. The van der Waals surface area contributed by atoms with Crippen molar-refractivity contribution in [2.75, 3.05) is 13.6 Å². The molecule has 6 heteroatoms. The quantitative estimate of drug-likeness (QED) is 0.800. The summed E-state index contributed by atoms with van der Waals surface area (Å²) >= 11 is 0. The van der Waals surface area contributed by atoms with Crippen LogP contribution in [0.25, 0.3) is 0 Å². The summed E-state index contributed by atoms with van der Waals surface area (Å²) in [4.78, 5) is 16.9. The van der Waals surface area contributed by atoms with Crippen LogP contribution < -0.4 is 0 Å². The molecule has 94 valence electrons. The lowest BCUT2D eigenvalue weighted by Gasteiger charge is -2.16. The van der Waals surface area contributed by atoms with Crippen molar-refractivity contribution in [1.29, 1.82) is 0 Å². The summed E-state index contributed by atoms with van der Waals surface area (Å²) < 4.78 is 5.14. The molecule has 0 aliphatic heterocycles. The molecule has 6 nitrogen and oxygen atoms in total. The van der Waals surface area contributed by atoms with Gasteiger partial charge in [-0.2, -0.15) is 4.98 Å². The number of nitrogens with zero attached hydrogens (tertiary/aromatic N) is 3. The standard InChI is InChI=1S/C11H17N3O3/c1-7(11(15)16)5-14(2)6-9-12-10(17-13-9)8-3-4-8/h7-8H,3-6H2,1-2H3,(H,15,16). The zero-order chi connectivity index (χ0) is 12.4. The highest BCUT2D eigenvalue weighted by Crippen LogP contribution is 2.38. The Labute approximate surface area is 99.6 Å². The number of rotatable bonds is 6. The van der Waals surface area contributed by atoms with Gasteiger partial charge in [0.1, 0.15) is 0 Å². The summed E-state index contributed by atoms with van der Waals surface area (Å²) in [6.07, 6.45) is 2.26. The van der Waals surface area contributed by atoms with E-state index in [9.17, 15) is 4.79 Å². The monoisotopic (exact) mass is 239 g/mol. The third kappa shape index (κ3) is 3.26. The highest BCUT2D eigenvalue weighted by Gasteiger charge is 2.29. The number of carboxylic acid groups (broad SMARTS) is 1. The number of aromatic nitrogens is 2. The second kappa shape index (κ2) is 4.83. The molecule has 1 heterocycles. The second-order valence-corrected chi connectivity index (χ2v) is 4.76. The fourth-order valence-corrected chi connectivity index (χ4v) is 1.68. The number of hydrogen-bond donors (Lipinski definition) is 1. The van der Waals surface area contributed by atoms with Crippen molar-refractivity contribution in [3.8, 4) is 0 Å². The van der Waals surface area contributed by atoms with Crippen LogP contribution in [0.15, 0.2) is 4.52 Å². The Balaban J connectivity index is 1.84. The molecule has 1 N–H and O–H groups in total. The van der Waals surface area contributed by atoms with Crippen molar-refractivity contribution in [2.45, 2.75) is 32.2 Å². The van der Waals surface area contributed by atoms with Crippen molar-refractivity contribution in [3.05, 3.63) is 11.7 Å². The molecule has 1 fully saturated rings. The Morgan fingerprint density at radius 3 is 2.94 bits per heavy atom. The molecule has 0 bridgehead atoms. The van der Waals surface area contributed by atoms with Crippen molar-refractivity contribution < 1.29 is 14.4 Å². The van der Waals surface area contributed by atoms with Crippen LogP contribution in [0.3, 0.4) is 0 Å². The van der Waals surface area contributed by atoms with Gasteiger partial charge in [-0.1, -0.05) is 12.1 Å². The zero-order valence-corrected chi connectivity index (χ0v) is 10.1. The third-order valence-electron chi connectivity index (χ3n) is 2.83. The van der Waals surface area contributed by atoms with E-state index in [1.807, 2.05) is 11.9 Å². The molecular weight excluding hydrogens is 222 g/mol. The maximum absolute atomic E-state index is 10.7. The van der Waals surface area contributed by atoms with Crippen LogP contribution >= 0.6 is 0 Å². The normalized spacial score (nSPS) is 17.4. The fourth-order valence-electron chi connectivity index (χ4n) is 1.68. The minimum Gasteiger partial charge on any atom is -0.481 e. The summed E-state index contributed by atoms with van der Waals surface area (Å²) in [5, 5.41) is 12.7. The minimum absolute atomic E-state index is 0.394. The van der Waals surface area contributed by atoms with E-state index in [-0.39, 0.29) is 0 Å². The van der Waals surface area contributed by atoms with Gasteiger partial charge in [0.15, 0.2) is 5.82 Å². The van der Waals surface area contributed by atoms with E-state index in [4.69, 9.17) is 9.63 Å². The Bertz CT molecular complexity index is 400. The smallest absolute Gasteiger partial charge is 0.307 e. The summed E-state index contributed by atoms with van der Waals surface area (Å²) in [7, 11) is 1.85. The lowest BCUT2D eigenvalue weighted by Crippen LogP contribution is -2.28. The molecule has 17 heavy (non-hydrogen) atoms. The lowest BCUT2D eigenvalue weighted by molar-refractivity contribution is -0.141. The maximum atomic E-state index is 10.7. The molecule has 1 atom stereocenters. The fraction of sp³-hybridized carbons (Fsp3) is 0.727. The van der Waals surface area contributed by atoms with Gasteiger partial charge < -0.3 is 9.63 Å². The first-order valence-electron chi connectivity index (χ1n) is 5.80. The van der Waals surface area contributed by atoms with Crippen LogP contribution in [0.1, 0.15) is 37.4 Å². The summed E-state index contributed by atoms with van der Waals surface area (Å²) in [6.45, 7) is 2.68. The lowest BCUT2D eigenvalue weighted by atomic mass is 10.2. The van der Waals surface area contributed by atoms with Gasteiger partial charge in [0.25, 0.3) is 0 Å². The molecule has 0 spiro atoms. The van der Waals surface area contributed by atoms with Crippen LogP contribution in [-0.4, -0.2) is 39.7 Å².